The second-order valence-corrected chi connectivity index (χ2v) is 5.99. The van der Waals surface area contributed by atoms with E-state index in [1.807, 2.05) is 30.3 Å². The van der Waals surface area contributed by atoms with Gasteiger partial charge >= 0.3 is 0 Å². The van der Waals surface area contributed by atoms with Gasteiger partial charge in [0.15, 0.2) is 0 Å². The molecule has 0 saturated carbocycles. The van der Waals surface area contributed by atoms with Gasteiger partial charge in [0.05, 0.1) is 6.54 Å². The summed E-state index contributed by atoms with van der Waals surface area (Å²) in [5, 5.41) is 6.18. The van der Waals surface area contributed by atoms with Crippen LogP contribution in [-0.2, 0) is 4.79 Å². The van der Waals surface area contributed by atoms with Gasteiger partial charge in [-0.15, -0.1) is 0 Å². The summed E-state index contributed by atoms with van der Waals surface area (Å²) in [6, 6.07) is 18.4. The largest absolute Gasteiger partial charge is 0.325 e. The molecule has 3 heteroatoms. The average Bonchev–Trinajstić information content (AvgIpc) is 2.60. The Morgan fingerprint density at radius 3 is 2.22 bits per heavy atom. The van der Waals surface area contributed by atoms with E-state index in [0.29, 0.717) is 12.5 Å². The third-order valence-corrected chi connectivity index (χ3v) is 4.24. The predicted octanol–water partition coefficient (Wildman–Crippen LogP) is 4.49. The highest BCUT2D eigenvalue weighted by molar-refractivity contribution is 5.92. The van der Waals surface area contributed by atoms with Gasteiger partial charge < -0.3 is 10.6 Å². The van der Waals surface area contributed by atoms with Crippen LogP contribution in [-0.4, -0.2) is 12.5 Å². The van der Waals surface area contributed by atoms with Gasteiger partial charge in [-0.2, -0.15) is 0 Å². The van der Waals surface area contributed by atoms with E-state index in [4.69, 9.17) is 0 Å². The lowest BCUT2D eigenvalue weighted by Crippen LogP contribution is -2.30. The van der Waals surface area contributed by atoms with Crippen LogP contribution < -0.4 is 10.6 Å². The molecular formula is C20H26N2O. The maximum Gasteiger partial charge on any atom is 0.238 e. The molecular weight excluding hydrogens is 284 g/mol. The minimum absolute atomic E-state index is 0.0240. The van der Waals surface area contributed by atoms with Crippen molar-refractivity contribution in [3.63, 3.8) is 0 Å². The molecule has 0 fully saturated rings. The van der Waals surface area contributed by atoms with Gasteiger partial charge in [0.1, 0.15) is 0 Å². The first kappa shape index (κ1) is 17.2. The normalized spacial score (nSPS) is 13.3. The lowest BCUT2D eigenvalue weighted by atomic mass is 9.99. The van der Waals surface area contributed by atoms with E-state index in [9.17, 15) is 4.79 Å². The number of amides is 1. The summed E-state index contributed by atoms with van der Waals surface area (Å²) in [6.07, 6.45) is 1.12. The van der Waals surface area contributed by atoms with E-state index in [-0.39, 0.29) is 11.9 Å². The van der Waals surface area contributed by atoms with E-state index in [2.05, 4.69) is 55.7 Å². The van der Waals surface area contributed by atoms with Crippen molar-refractivity contribution in [1.29, 1.82) is 0 Å². The number of benzene rings is 2. The van der Waals surface area contributed by atoms with Gasteiger partial charge in [-0.1, -0.05) is 56.3 Å². The van der Waals surface area contributed by atoms with Crippen molar-refractivity contribution in [3.8, 4) is 0 Å². The van der Waals surface area contributed by atoms with Crippen LogP contribution in [0.4, 0.5) is 5.69 Å². The minimum Gasteiger partial charge on any atom is -0.325 e. The lowest BCUT2D eigenvalue weighted by Gasteiger charge is -2.14. The molecule has 2 N–H and O–H groups in total. The van der Waals surface area contributed by atoms with Crippen LogP contribution >= 0.6 is 0 Å². The van der Waals surface area contributed by atoms with Gasteiger partial charge in [-0.25, -0.2) is 0 Å². The summed E-state index contributed by atoms with van der Waals surface area (Å²) in [7, 11) is 0. The number of rotatable bonds is 7. The fraction of sp³-hybridized carbons (Fsp3) is 0.350. The quantitative estimate of drug-likeness (QED) is 0.791. The Hall–Kier alpha value is -2.13. The maximum absolute atomic E-state index is 12.0. The molecule has 0 aromatic heterocycles. The van der Waals surface area contributed by atoms with Crippen LogP contribution in [0.1, 0.15) is 50.3 Å². The van der Waals surface area contributed by atoms with Crippen LogP contribution in [0.2, 0.25) is 0 Å². The molecule has 3 nitrogen and oxygen atoms in total. The summed E-state index contributed by atoms with van der Waals surface area (Å²) in [4.78, 5) is 12.0. The molecule has 0 bridgehead atoms. The fourth-order valence-electron chi connectivity index (χ4n) is 2.44. The van der Waals surface area contributed by atoms with Crippen molar-refractivity contribution in [3.05, 3.63) is 65.7 Å². The van der Waals surface area contributed by atoms with Gasteiger partial charge in [0.2, 0.25) is 5.91 Å². The average molecular weight is 310 g/mol. The Bertz CT molecular complexity index is 607. The third kappa shape index (κ3) is 5.22. The highest BCUT2D eigenvalue weighted by Crippen LogP contribution is 2.20. The SMILES string of the molecule is CC[C@H](C)c1ccc(NC(=O)CN[C@H](C)c2ccccc2)cc1. The topological polar surface area (TPSA) is 41.1 Å². The molecule has 1 amide bonds. The van der Waals surface area contributed by atoms with Gasteiger partial charge in [0, 0.05) is 11.7 Å². The first-order chi connectivity index (χ1) is 11.1. The zero-order chi connectivity index (χ0) is 16.7. The number of anilines is 1. The Morgan fingerprint density at radius 2 is 1.61 bits per heavy atom. The van der Waals surface area contributed by atoms with E-state index >= 15 is 0 Å². The molecule has 122 valence electrons. The molecule has 0 saturated heterocycles. The molecule has 0 spiro atoms. The second-order valence-electron chi connectivity index (χ2n) is 5.99. The van der Waals surface area contributed by atoms with Gasteiger partial charge in [-0.05, 0) is 42.5 Å². The van der Waals surface area contributed by atoms with Crippen molar-refractivity contribution in [2.75, 3.05) is 11.9 Å². The van der Waals surface area contributed by atoms with E-state index < -0.39 is 0 Å². The molecule has 0 heterocycles. The van der Waals surface area contributed by atoms with Crippen molar-refractivity contribution in [2.24, 2.45) is 0 Å². The standard InChI is InChI=1S/C20H26N2O/c1-4-15(2)17-10-12-19(13-11-17)22-20(23)14-21-16(3)18-8-6-5-7-9-18/h5-13,15-16,21H,4,14H2,1-3H3,(H,22,23)/t15-,16+/m0/s1. The van der Waals surface area contributed by atoms with Crippen LogP contribution in [0, 0.1) is 0 Å². The lowest BCUT2D eigenvalue weighted by molar-refractivity contribution is -0.115. The molecule has 0 aliphatic heterocycles. The Balaban J connectivity index is 1.83. The minimum atomic E-state index is -0.0240. The molecule has 0 radical (unpaired) electrons. The summed E-state index contributed by atoms with van der Waals surface area (Å²) in [5.74, 6) is 0.525. The second kappa shape index (κ2) is 8.49. The highest BCUT2D eigenvalue weighted by atomic mass is 16.1. The zero-order valence-corrected chi connectivity index (χ0v) is 14.2. The number of carbonyl (C=O) groups excluding carboxylic acids is 1. The van der Waals surface area contributed by atoms with Crippen LogP contribution in [0.25, 0.3) is 0 Å². The summed E-state index contributed by atoms with van der Waals surface area (Å²) < 4.78 is 0. The smallest absolute Gasteiger partial charge is 0.238 e. The summed E-state index contributed by atoms with van der Waals surface area (Å²) >= 11 is 0. The van der Waals surface area contributed by atoms with Gasteiger partial charge in [-0.3, -0.25) is 4.79 Å². The van der Waals surface area contributed by atoms with Crippen molar-refractivity contribution < 1.29 is 4.79 Å². The number of hydrogen-bond donors (Lipinski definition) is 2. The van der Waals surface area contributed by atoms with Crippen LogP contribution in [0.5, 0.6) is 0 Å². The maximum atomic E-state index is 12.0. The predicted molar refractivity (Wildman–Crippen MR) is 96.6 cm³/mol. The molecule has 2 aromatic rings. The van der Waals surface area contributed by atoms with E-state index in [1.54, 1.807) is 0 Å². The van der Waals surface area contributed by atoms with Crippen LogP contribution in [0.15, 0.2) is 54.6 Å². The van der Waals surface area contributed by atoms with Gasteiger partial charge in [0.25, 0.3) is 0 Å². The first-order valence-corrected chi connectivity index (χ1v) is 8.28. The summed E-state index contributed by atoms with van der Waals surface area (Å²) in [6.45, 7) is 6.75. The van der Waals surface area contributed by atoms with E-state index in [0.717, 1.165) is 12.1 Å². The Kier molecular flexibility index (Phi) is 6.36. The highest BCUT2D eigenvalue weighted by Gasteiger charge is 2.08. The van der Waals surface area contributed by atoms with E-state index in [1.165, 1.54) is 11.1 Å². The molecule has 23 heavy (non-hydrogen) atoms. The molecule has 2 rings (SSSR count). The van der Waals surface area contributed by atoms with Crippen molar-refractivity contribution >= 4 is 11.6 Å². The monoisotopic (exact) mass is 310 g/mol. The molecule has 2 atom stereocenters. The number of carbonyl (C=O) groups is 1. The third-order valence-electron chi connectivity index (χ3n) is 4.24. The number of hydrogen-bond acceptors (Lipinski definition) is 2. The first-order valence-electron chi connectivity index (χ1n) is 8.28. The fourth-order valence-corrected chi connectivity index (χ4v) is 2.44. The molecule has 0 aliphatic carbocycles. The van der Waals surface area contributed by atoms with Crippen LogP contribution in [0.3, 0.4) is 0 Å². The molecule has 2 aromatic carbocycles. The van der Waals surface area contributed by atoms with Crippen molar-refractivity contribution in [2.45, 2.75) is 39.2 Å². The van der Waals surface area contributed by atoms with Crippen molar-refractivity contribution in [1.82, 2.24) is 5.32 Å². The number of nitrogens with one attached hydrogen (secondary N) is 2. The molecule has 0 unspecified atom stereocenters. The molecule has 0 aliphatic rings. The Morgan fingerprint density at radius 1 is 0.957 bits per heavy atom. The summed E-state index contributed by atoms with van der Waals surface area (Å²) in [5.41, 5.74) is 3.33. The Labute approximate surface area is 139 Å². The zero-order valence-electron chi connectivity index (χ0n) is 14.2.